The number of benzene rings is 1. The quantitative estimate of drug-likeness (QED) is 0.840. The lowest BCUT2D eigenvalue weighted by Gasteiger charge is -2.06. The van der Waals surface area contributed by atoms with E-state index in [9.17, 15) is 8.42 Å². The number of hydrogen-bond donors (Lipinski definition) is 1. The van der Waals surface area contributed by atoms with Gasteiger partial charge in [-0.25, -0.2) is 8.42 Å². The van der Waals surface area contributed by atoms with Crippen molar-refractivity contribution in [3.8, 4) is 0 Å². The summed E-state index contributed by atoms with van der Waals surface area (Å²) in [5.74, 6) is 0. The second kappa shape index (κ2) is 3.96. The van der Waals surface area contributed by atoms with Crippen molar-refractivity contribution < 1.29 is 8.42 Å². The molecule has 6 heteroatoms. The summed E-state index contributed by atoms with van der Waals surface area (Å²) in [5, 5.41) is 0. The maximum Gasteiger partial charge on any atom is 0.176 e. The summed E-state index contributed by atoms with van der Waals surface area (Å²) < 4.78 is 23.4. The van der Waals surface area contributed by atoms with Crippen molar-refractivity contribution in [2.24, 2.45) is 5.73 Å². The van der Waals surface area contributed by atoms with Crippen molar-refractivity contribution in [1.29, 1.82) is 0 Å². The Labute approximate surface area is 96.4 Å². The fourth-order valence-electron chi connectivity index (χ4n) is 1.01. The van der Waals surface area contributed by atoms with E-state index in [1.807, 2.05) is 0 Å². The molecule has 0 amide bonds. The number of nitrogens with two attached hydrogens (primary N) is 1. The Morgan fingerprint density at radius 1 is 1.50 bits per heavy atom. The topological polar surface area (TPSA) is 60.2 Å². The molecule has 1 aromatic carbocycles. The molecule has 0 aromatic heterocycles. The Morgan fingerprint density at radius 3 is 2.50 bits per heavy atom. The molecule has 0 saturated carbocycles. The summed E-state index contributed by atoms with van der Waals surface area (Å²) in [6, 6.07) is 4.77. The maximum absolute atomic E-state index is 11.4. The average molecular weight is 294 g/mol. The zero-order chi connectivity index (χ0) is 10.9. The smallest absolute Gasteiger partial charge is 0.176 e. The average Bonchev–Trinajstić information content (AvgIpc) is 2.01. The van der Waals surface area contributed by atoms with Gasteiger partial charge < -0.3 is 5.73 Å². The lowest BCUT2D eigenvalue weighted by atomic mass is 10.2. The number of sulfone groups is 1. The molecule has 1 rings (SSSR count). The van der Waals surface area contributed by atoms with E-state index in [0.717, 1.165) is 6.26 Å². The Bertz CT molecular complexity index is 482. The minimum atomic E-state index is -3.30. The van der Waals surface area contributed by atoms with Crippen LogP contribution in [0.5, 0.6) is 0 Å². The predicted octanol–water partition coefficient (Wildman–Crippen LogP) is 1.49. The first-order valence-corrected chi connectivity index (χ1v) is 6.71. The molecule has 0 unspecified atom stereocenters. The molecular weight excluding hydrogens is 286 g/mol. The molecule has 0 bridgehead atoms. The third-order valence-electron chi connectivity index (χ3n) is 1.61. The molecule has 0 radical (unpaired) electrons. The molecule has 0 spiro atoms. The Balaban J connectivity index is 3.54. The molecule has 0 aliphatic heterocycles. The first-order chi connectivity index (χ1) is 6.32. The number of hydrogen-bond acceptors (Lipinski definition) is 3. The lowest BCUT2D eigenvalue weighted by molar-refractivity contribution is 0.601. The maximum atomic E-state index is 11.4. The van der Waals surface area contributed by atoms with Crippen LogP contribution in [0.4, 0.5) is 0 Å². The first-order valence-electron chi connectivity index (χ1n) is 3.62. The lowest BCUT2D eigenvalue weighted by Crippen LogP contribution is -2.14. The third kappa shape index (κ3) is 2.52. The van der Waals surface area contributed by atoms with Crippen LogP contribution in [0, 0.1) is 0 Å². The van der Waals surface area contributed by atoms with Gasteiger partial charge in [-0.05, 0) is 18.2 Å². The summed E-state index contributed by atoms with van der Waals surface area (Å²) in [5.41, 5.74) is 5.79. The summed E-state index contributed by atoms with van der Waals surface area (Å²) in [7, 11) is -3.30. The van der Waals surface area contributed by atoms with Gasteiger partial charge in [-0.2, -0.15) is 0 Å². The Morgan fingerprint density at radius 2 is 2.07 bits per heavy atom. The minimum absolute atomic E-state index is 0.0814. The van der Waals surface area contributed by atoms with Crippen LogP contribution < -0.4 is 5.73 Å². The van der Waals surface area contributed by atoms with E-state index < -0.39 is 9.84 Å². The van der Waals surface area contributed by atoms with Crippen LogP contribution in [-0.2, 0) is 9.84 Å². The summed E-state index contributed by atoms with van der Waals surface area (Å²) in [6.45, 7) is 0. The van der Waals surface area contributed by atoms with Crippen molar-refractivity contribution in [2.75, 3.05) is 6.26 Å². The van der Waals surface area contributed by atoms with E-state index in [1.54, 1.807) is 12.1 Å². The molecule has 2 N–H and O–H groups in total. The van der Waals surface area contributed by atoms with Gasteiger partial charge in [0.1, 0.15) is 4.99 Å². The van der Waals surface area contributed by atoms with Crippen molar-refractivity contribution in [1.82, 2.24) is 0 Å². The van der Waals surface area contributed by atoms with Crippen LogP contribution in [0.3, 0.4) is 0 Å². The van der Waals surface area contributed by atoms with Crippen molar-refractivity contribution in [3.63, 3.8) is 0 Å². The number of rotatable bonds is 2. The Hall–Kier alpha value is -0.460. The van der Waals surface area contributed by atoms with Crippen molar-refractivity contribution in [2.45, 2.75) is 4.90 Å². The summed E-state index contributed by atoms with van der Waals surface area (Å²) in [4.78, 5) is 0.234. The highest BCUT2D eigenvalue weighted by molar-refractivity contribution is 9.10. The van der Waals surface area contributed by atoms with Gasteiger partial charge in [0, 0.05) is 16.3 Å². The molecule has 0 saturated heterocycles. The van der Waals surface area contributed by atoms with Gasteiger partial charge >= 0.3 is 0 Å². The zero-order valence-electron chi connectivity index (χ0n) is 7.32. The molecule has 0 aliphatic rings. The van der Waals surface area contributed by atoms with Crippen LogP contribution in [0.2, 0.25) is 0 Å². The molecule has 0 heterocycles. The molecule has 1 aromatic rings. The molecular formula is C8H8BrNO2S2. The van der Waals surface area contributed by atoms with Crippen LogP contribution in [-0.4, -0.2) is 19.7 Å². The molecule has 0 fully saturated rings. The second-order valence-corrected chi connectivity index (χ2v) is 6.12. The predicted molar refractivity (Wildman–Crippen MR) is 63.1 cm³/mol. The molecule has 3 nitrogen and oxygen atoms in total. The Kier molecular flexibility index (Phi) is 3.28. The van der Waals surface area contributed by atoms with Crippen LogP contribution >= 0.6 is 28.1 Å². The standard InChI is InChI=1S/C8H8BrNO2S2/c1-14(11,12)7-4-5(9)2-3-6(7)8(10)13/h2-4H,1H3,(H2,10,13). The van der Waals surface area contributed by atoms with Crippen molar-refractivity contribution in [3.05, 3.63) is 28.2 Å². The highest BCUT2D eigenvalue weighted by Gasteiger charge is 2.14. The van der Waals surface area contributed by atoms with Gasteiger partial charge in [-0.1, -0.05) is 28.1 Å². The van der Waals surface area contributed by atoms with Gasteiger partial charge in [0.05, 0.1) is 4.90 Å². The van der Waals surface area contributed by atoms with E-state index in [4.69, 9.17) is 18.0 Å². The van der Waals surface area contributed by atoms with Crippen molar-refractivity contribution >= 4 is 43.0 Å². The first kappa shape index (κ1) is 11.6. The van der Waals surface area contributed by atoms with E-state index >= 15 is 0 Å². The van der Waals surface area contributed by atoms with Gasteiger partial charge in [0.15, 0.2) is 9.84 Å². The minimum Gasteiger partial charge on any atom is -0.389 e. The fourth-order valence-corrected chi connectivity index (χ4v) is 2.68. The highest BCUT2D eigenvalue weighted by atomic mass is 79.9. The fraction of sp³-hybridized carbons (Fsp3) is 0.125. The van der Waals surface area contributed by atoms with Gasteiger partial charge in [-0.3, -0.25) is 0 Å². The van der Waals surface area contributed by atoms with Crippen LogP contribution in [0.25, 0.3) is 0 Å². The van der Waals surface area contributed by atoms with Gasteiger partial charge in [0.25, 0.3) is 0 Å². The van der Waals surface area contributed by atoms with E-state index in [0.29, 0.717) is 10.0 Å². The monoisotopic (exact) mass is 293 g/mol. The molecule has 14 heavy (non-hydrogen) atoms. The van der Waals surface area contributed by atoms with E-state index in [-0.39, 0.29) is 9.88 Å². The van der Waals surface area contributed by atoms with Crippen LogP contribution in [0.15, 0.2) is 27.6 Å². The number of thiocarbonyl (C=S) groups is 1. The normalized spacial score (nSPS) is 11.3. The molecule has 76 valence electrons. The van der Waals surface area contributed by atoms with Crippen LogP contribution in [0.1, 0.15) is 5.56 Å². The van der Waals surface area contributed by atoms with Gasteiger partial charge in [-0.15, -0.1) is 0 Å². The zero-order valence-corrected chi connectivity index (χ0v) is 10.5. The highest BCUT2D eigenvalue weighted by Crippen LogP contribution is 2.21. The molecule has 0 aliphatic carbocycles. The third-order valence-corrected chi connectivity index (χ3v) is 3.46. The number of halogens is 1. The summed E-state index contributed by atoms with van der Waals surface area (Å²) >= 11 is 7.95. The van der Waals surface area contributed by atoms with Gasteiger partial charge in [0.2, 0.25) is 0 Å². The molecule has 0 atom stereocenters. The SMILES string of the molecule is CS(=O)(=O)c1cc(Br)ccc1C(N)=S. The van der Waals surface area contributed by atoms with E-state index in [2.05, 4.69) is 15.9 Å². The summed E-state index contributed by atoms with van der Waals surface area (Å²) in [6.07, 6.45) is 1.12. The largest absolute Gasteiger partial charge is 0.389 e. The second-order valence-electron chi connectivity index (χ2n) is 2.78. The van der Waals surface area contributed by atoms with E-state index in [1.165, 1.54) is 6.07 Å².